The number of methoxy groups -OCH3 is 2. The molecule has 0 spiro atoms. The van der Waals surface area contributed by atoms with Crippen LogP contribution in [0.3, 0.4) is 0 Å². The molecule has 0 aliphatic rings. The fourth-order valence-electron chi connectivity index (χ4n) is 1.93. The number of aromatic amines is 1. The van der Waals surface area contributed by atoms with Crippen molar-refractivity contribution in [2.24, 2.45) is 0 Å². The number of fused-ring (bicyclic) bond motifs is 1. The molecule has 0 aliphatic carbocycles. The molecule has 0 amide bonds. The van der Waals surface area contributed by atoms with Crippen LogP contribution in [0.15, 0.2) is 18.3 Å². The molecule has 1 heterocycles. The second-order valence-electron chi connectivity index (χ2n) is 3.56. The van der Waals surface area contributed by atoms with E-state index >= 15 is 0 Å². The van der Waals surface area contributed by atoms with Gasteiger partial charge in [0, 0.05) is 18.1 Å². The second-order valence-corrected chi connectivity index (χ2v) is 3.56. The minimum atomic E-state index is 0.795. The van der Waals surface area contributed by atoms with Gasteiger partial charge in [0.15, 0.2) is 0 Å². The number of benzene rings is 1. The summed E-state index contributed by atoms with van der Waals surface area (Å²) < 4.78 is 10.7. The van der Waals surface area contributed by atoms with Crippen molar-refractivity contribution in [2.75, 3.05) is 21.3 Å². The van der Waals surface area contributed by atoms with E-state index in [4.69, 9.17) is 9.47 Å². The van der Waals surface area contributed by atoms with Crippen LogP contribution in [0.4, 0.5) is 0 Å². The average molecular weight is 220 g/mol. The topological polar surface area (TPSA) is 46.3 Å². The van der Waals surface area contributed by atoms with Crippen LogP contribution in [0.1, 0.15) is 5.56 Å². The number of nitrogens with one attached hydrogen (secondary N) is 2. The van der Waals surface area contributed by atoms with E-state index in [0.717, 1.165) is 28.9 Å². The molecule has 0 aliphatic heterocycles. The molecule has 4 nitrogen and oxygen atoms in total. The second kappa shape index (κ2) is 4.45. The van der Waals surface area contributed by atoms with E-state index in [0.29, 0.717) is 0 Å². The van der Waals surface area contributed by atoms with Gasteiger partial charge in [-0.1, -0.05) is 0 Å². The number of hydrogen-bond donors (Lipinski definition) is 2. The summed E-state index contributed by atoms with van der Waals surface area (Å²) in [5.74, 6) is 1.69. The molecule has 4 heteroatoms. The molecule has 1 aromatic carbocycles. The highest BCUT2D eigenvalue weighted by Crippen LogP contribution is 2.34. The molecule has 0 radical (unpaired) electrons. The van der Waals surface area contributed by atoms with E-state index in [-0.39, 0.29) is 0 Å². The molecule has 0 saturated heterocycles. The summed E-state index contributed by atoms with van der Waals surface area (Å²) in [4.78, 5) is 3.22. The standard InChI is InChI=1S/C12H16N2O2/c1-13-6-8-7-14-12-10(16-3)5-4-9(15-2)11(8)12/h4-5,7,13-14H,6H2,1-3H3. The fraction of sp³-hybridized carbons (Fsp3) is 0.333. The number of H-pyrrole nitrogens is 1. The third kappa shape index (κ3) is 1.61. The lowest BCUT2D eigenvalue weighted by Crippen LogP contribution is -2.04. The molecule has 0 bridgehead atoms. The Labute approximate surface area is 94.6 Å². The van der Waals surface area contributed by atoms with Crippen molar-refractivity contribution in [2.45, 2.75) is 6.54 Å². The molecule has 16 heavy (non-hydrogen) atoms. The largest absolute Gasteiger partial charge is 0.496 e. The molecule has 86 valence electrons. The lowest BCUT2D eigenvalue weighted by Gasteiger charge is -2.07. The van der Waals surface area contributed by atoms with Crippen molar-refractivity contribution in [3.8, 4) is 11.5 Å². The van der Waals surface area contributed by atoms with Crippen LogP contribution in [0.25, 0.3) is 10.9 Å². The minimum absolute atomic E-state index is 0.795. The molecule has 2 aromatic rings. The van der Waals surface area contributed by atoms with Crippen molar-refractivity contribution in [3.05, 3.63) is 23.9 Å². The molecule has 0 unspecified atom stereocenters. The zero-order valence-electron chi connectivity index (χ0n) is 9.76. The summed E-state index contributed by atoms with van der Waals surface area (Å²) in [7, 11) is 5.27. The number of rotatable bonds is 4. The van der Waals surface area contributed by atoms with Gasteiger partial charge >= 0.3 is 0 Å². The summed E-state index contributed by atoms with van der Waals surface area (Å²) in [6.45, 7) is 0.795. The Morgan fingerprint density at radius 1 is 1.19 bits per heavy atom. The summed E-state index contributed by atoms with van der Waals surface area (Å²) in [5, 5.41) is 4.21. The van der Waals surface area contributed by atoms with Gasteiger partial charge in [-0.2, -0.15) is 0 Å². The molecule has 2 N–H and O–H groups in total. The van der Waals surface area contributed by atoms with Crippen molar-refractivity contribution >= 4 is 10.9 Å². The first-order valence-electron chi connectivity index (χ1n) is 5.17. The lowest BCUT2D eigenvalue weighted by molar-refractivity contribution is 0.410. The molecule has 2 rings (SSSR count). The van der Waals surface area contributed by atoms with Crippen molar-refractivity contribution < 1.29 is 9.47 Å². The monoisotopic (exact) mass is 220 g/mol. The quantitative estimate of drug-likeness (QED) is 0.827. The van der Waals surface area contributed by atoms with Crippen molar-refractivity contribution in [3.63, 3.8) is 0 Å². The highest BCUT2D eigenvalue weighted by Gasteiger charge is 2.12. The Bertz CT molecular complexity index is 491. The van der Waals surface area contributed by atoms with Crippen LogP contribution in [-0.2, 0) is 6.54 Å². The Hall–Kier alpha value is -1.68. The van der Waals surface area contributed by atoms with Gasteiger partial charge in [-0.15, -0.1) is 0 Å². The van der Waals surface area contributed by atoms with E-state index in [2.05, 4.69) is 10.3 Å². The molecule has 0 atom stereocenters. The zero-order valence-corrected chi connectivity index (χ0v) is 9.76. The summed E-state index contributed by atoms with van der Waals surface area (Å²) in [6, 6.07) is 3.83. The molecule has 0 fully saturated rings. The predicted molar refractivity (Wildman–Crippen MR) is 64.2 cm³/mol. The Kier molecular flexibility index (Phi) is 3.01. The highest BCUT2D eigenvalue weighted by atomic mass is 16.5. The predicted octanol–water partition coefficient (Wildman–Crippen LogP) is 1.90. The van der Waals surface area contributed by atoms with Gasteiger partial charge in [0.1, 0.15) is 11.5 Å². The highest BCUT2D eigenvalue weighted by molar-refractivity contribution is 5.93. The van der Waals surface area contributed by atoms with E-state index in [1.165, 1.54) is 5.56 Å². The normalized spacial score (nSPS) is 10.7. The van der Waals surface area contributed by atoms with Gasteiger partial charge in [-0.05, 0) is 24.7 Å². The summed E-state index contributed by atoms with van der Waals surface area (Å²) in [6.07, 6.45) is 1.98. The van der Waals surface area contributed by atoms with Crippen LogP contribution in [0.2, 0.25) is 0 Å². The van der Waals surface area contributed by atoms with Gasteiger partial charge in [0.25, 0.3) is 0 Å². The number of ether oxygens (including phenoxy) is 2. The fourth-order valence-corrected chi connectivity index (χ4v) is 1.93. The number of aromatic nitrogens is 1. The first kappa shape index (κ1) is 10.8. The summed E-state index contributed by atoms with van der Waals surface area (Å²) in [5.41, 5.74) is 2.15. The van der Waals surface area contributed by atoms with Crippen molar-refractivity contribution in [1.29, 1.82) is 0 Å². The third-order valence-electron chi connectivity index (χ3n) is 2.65. The third-order valence-corrected chi connectivity index (χ3v) is 2.65. The van der Waals surface area contributed by atoms with Crippen LogP contribution in [0, 0.1) is 0 Å². The van der Waals surface area contributed by atoms with Crippen LogP contribution in [-0.4, -0.2) is 26.3 Å². The smallest absolute Gasteiger partial charge is 0.143 e. The molecular weight excluding hydrogens is 204 g/mol. The zero-order chi connectivity index (χ0) is 11.5. The Morgan fingerprint density at radius 2 is 1.88 bits per heavy atom. The molecule has 0 saturated carbocycles. The minimum Gasteiger partial charge on any atom is -0.496 e. The Morgan fingerprint density at radius 3 is 2.50 bits per heavy atom. The Balaban J connectivity index is 2.67. The first-order chi connectivity index (χ1) is 7.81. The van der Waals surface area contributed by atoms with Gasteiger partial charge in [-0.25, -0.2) is 0 Å². The van der Waals surface area contributed by atoms with E-state index < -0.39 is 0 Å². The maximum Gasteiger partial charge on any atom is 0.143 e. The SMILES string of the molecule is CNCc1c[nH]c2c(OC)ccc(OC)c12. The lowest BCUT2D eigenvalue weighted by atomic mass is 10.1. The van der Waals surface area contributed by atoms with E-state index in [1.54, 1.807) is 14.2 Å². The maximum atomic E-state index is 5.37. The van der Waals surface area contributed by atoms with E-state index in [1.807, 2.05) is 25.4 Å². The van der Waals surface area contributed by atoms with Gasteiger partial charge in [-0.3, -0.25) is 0 Å². The van der Waals surface area contributed by atoms with Gasteiger partial charge in [0.05, 0.1) is 19.7 Å². The van der Waals surface area contributed by atoms with Crippen molar-refractivity contribution in [1.82, 2.24) is 10.3 Å². The van der Waals surface area contributed by atoms with Crippen LogP contribution < -0.4 is 14.8 Å². The van der Waals surface area contributed by atoms with Crippen LogP contribution >= 0.6 is 0 Å². The summed E-state index contributed by atoms with van der Waals surface area (Å²) >= 11 is 0. The molecule has 1 aromatic heterocycles. The number of hydrogen-bond acceptors (Lipinski definition) is 3. The van der Waals surface area contributed by atoms with Gasteiger partial charge in [0.2, 0.25) is 0 Å². The molecular formula is C12H16N2O2. The van der Waals surface area contributed by atoms with Gasteiger partial charge < -0.3 is 19.8 Å². The van der Waals surface area contributed by atoms with Crippen LogP contribution in [0.5, 0.6) is 11.5 Å². The average Bonchev–Trinajstić information content (AvgIpc) is 2.73. The van der Waals surface area contributed by atoms with E-state index in [9.17, 15) is 0 Å². The first-order valence-corrected chi connectivity index (χ1v) is 5.17. The maximum absolute atomic E-state index is 5.37.